The number of carbonyl (C=O) groups is 3. The Kier molecular flexibility index (Phi) is 13.0. The van der Waals surface area contributed by atoms with E-state index in [2.05, 4.69) is 21.2 Å². The molecule has 7 N–H and O–H groups in total. The van der Waals surface area contributed by atoms with Crippen molar-refractivity contribution in [3.63, 3.8) is 0 Å². The smallest absolute Gasteiger partial charge is 0.490 e. The first kappa shape index (κ1) is 35.7. The zero-order valence-corrected chi connectivity index (χ0v) is 24.7. The lowest BCUT2D eigenvalue weighted by Gasteiger charge is -2.22. The molecule has 0 saturated heterocycles. The molecule has 0 aliphatic rings. The summed E-state index contributed by atoms with van der Waals surface area (Å²) < 4.78 is 48.5. The van der Waals surface area contributed by atoms with Gasteiger partial charge in [-0.15, -0.1) is 0 Å². The number of benzene rings is 2. The van der Waals surface area contributed by atoms with Gasteiger partial charge in [-0.05, 0) is 68.8 Å². The number of hydrazine groups is 1. The zero-order chi connectivity index (χ0) is 33.7. The van der Waals surface area contributed by atoms with E-state index in [1.54, 1.807) is 48.5 Å². The Morgan fingerprint density at radius 1 is 1.02 bits per heavy atom. The van der Waals surface area contributed by atoms with Crippen molar-refractivity contribution in [1.82, 2.24) is 15.8 Å². The molecule has 2 aromatic carbocycles. The van der Waals surface area contributed by atoms with Crippen LogP contribution in [0.25, 0.3) is 0 Å². The topological polar surface area (TPSA) is 198 Å². The lowest BCUT2D eigenvalue weighted by Crippen LogP contribution is -2.45. The minimum Gasteiger partial charge on any atom is -0.496 e. The minimum absolute atomic E-state index is 0.0681. The van der Waals surface area contributed by atoms with Crippen molar-refractivity contribution in [3.05, 3.63) is 77.6 Å². The van der Waals surface area contributed by atoms with Gasteiger partial charge in [-0.3, -0.25) is 30.8 Å². The number of rotatable bonds is 11. The molecule has 0 saturated carbocycles. The summed E-state index contributed by atoms with van der Waals surface area (Å²) in [4.78, 5) is 38.9. The quantitative estimate of drug-likeness (QED) is 0.102. The molecule has 242 valence electrons. The number of carboxylic acids is 1. The number of aliphatic carboxylic acids is 1. The Labute approximate surface area is 256 Å². The third kappa shape index (κ3) is 10.9. The van der Waals surface area contributed by atoms with Gasteiger partial charge in [0.15, 0.2) is 11.5 Å². The zero-order valence-electron chi connectivity index (χ0n) is 24.7. The number of nitrogens with one attached hydrogen (secondary N) is 4. The lowest BCUT2D eigenvalue weighted by atomic mass is 10.0. The molecule has 0 aliphatic heterocycles. The molecule has 0 bridgehead atoms. The van der Waals surface area contributed by atoms with Crippen LogP contribution in [-0.2, 0) is 9.59 Å². The molecule has 45 heavy (non-hydrogen) atoms. The first-order chi connectivity index (χ1) is 21.2. The third-order valence-electron chi connectivity index (χ3n) is 5.52. The van der Waals surface area contributed by atoms with E-state index in [0.29, 0.717) is 40.7 Å². The highest BCUT2D eigenvalue weighted by Crippen LogP contribution is 2.33. The lowest BCUT2D eigenvalue weighted by molar-refractivity contribution is -0.192. The van der Waals surface area contributed by atoms with Gasteiger partial charge in [0.1, 0.15) is 23.2 Å². The van der Waals surface area contributed by atoms with E-state index >= 15 is 0 Å². The number of aromatic nitrogens is 1. The summed E-state index contributed by atoms with van der Waals surface area (Å²) in [5.74, 6) is -2.62. The number of anilines is 1. The summed E-state index contributed by atoms with van der Waals surface area (Å²) in [5, 5.41) is 17.9. The minimum atomic E-state index is -5.08. The SMILES string of the molecule is CCOc1cc(C(Nc2ccc(C(=N)N)cc2)C(=O)NNC(=O)c2cnccc2OC)ccc1OC(C)C.O=C(O)C(F)(F)F. The molecule has 3 aromatic rings. The number of hydrogen-bond donors (Lipinski definition) is 6. The number of ether oxygens (including phenoxy) is 3. The van der Waals surface area contributed by atoms with Crippen LogP contribution in [0.2, 0.25) is 0 Å². The second-order valence-electron chi connectivity index (χ2n) is 9.20. The second kappa shape index (κ2) is 16.3. The number of carboxylic acid groups (broad SMARTS) is 1. The van der Waals surface area contributed by atoms with Crippen LogP contribution in [0.4, 0.5) is 18.9 Å². The van der Waals surface area contributed by atoms with Gasteiger partial charge in [-0.25, -0.2) is 4.79 Å². The maximum absolute atomic E-state index is 13.4. The summed E-state index contributed by atoms with van der Waals surface area (Å²) in [6.45, 7) is 6.07. The van der Waals surface area contributed by atoms with E-state index < -0.39 is 30.0 Å². The van der Waals surface area contributed by atoms with Crippen molar-refractivity contribution >= 4 is 29.3 Å². The van der Waals surface area contributed by atoms with Gasteiger partial charge in [0.05, 0.1) is 19.8 Å². The molecule has 2 amide bonds. The number of nitrogen functional groups attached to an aromatic ring is 1. The predicted molar refractivity (Wildman–Crippen MR) is 157 cm³/mol. The second-order valence-corrected chi connectivity index (χ2v) is 9.20. The molecule has 0 spiro atoms. The van der Waals surface area contributed by atoms with Crippen molar-refractivity contribution in [3.8, 4) is 17.2 Å². The summed E-state index contributed by atoms with van der Waals surface area (Å²) in [6.07, 6.45) is -2.32. The van der Waals surface area contributed by atoms with Crippen molar-refractivity contribution in [2.45, 2.75) is 39.1 Å². The first-order valence-corrected chi connectivity index (χ1v) is 13.2. The predicted octanol–water partition coefficient (Wildman–Crippen LogP) is 3.81. The molecule has 1 heterocycles. The largest absolute Gasteiger partial charge is 0.496 e. The van der Waals surface area contributed by atoms with E-state index in [1.807, 2.05) is 20.8 Å². The molecule has 1 unspecified atom stereocenters. The number of alkyl halides is 3. The van der Waals surface area contributed by atoms with Crippen LogP contribution in [-0.4, -0.2) is 59.7 Å². The van der Waals surface area contributed by atoms with Gasteiger partial charge in [0.2, 0.25) is 0 Å². The van der Waals surface area contributed by atoms with Crippen LogP contribution in [0.3, 0.4) is 0 Å². The molecule has 3 rings (SSSR count). The van der Waals surface area contributed by atoms with Gasteiger partial charge in [-0.2, -0.15) is 13.2 Å². The van der Waals surface area contributed by atoms with E-state index in [1.165, 1.54) is 19.5 Å². The Hall–Kier alpha value is -5.54. The van der Waals surface area contributed by atoms with Gasteiger partial charge in [-0.1, -0.05) is 6.07 Å². The highest BCUT2D eigenvalue weighted by Gasteiger charge is 2.38. The maximum Gasteiger partial charge on any atom is 0.490 e. The van der Waals surface area contributed by atoms with Crippen LogP contribution in [0, 0.1) is 5.41 Å². The van der Waals surface area contributed by atoms with E-state index in [0.717, 1.165) is 0 Å². The van der Waals surface area contributed by atoms with Crippen LogP contribution in [0.1, 0.15) is 48.3 Å². The number of nitrogens with two attached hydrogens (primary N) is 1. The van der Waals surface area contributed by atoms with Crippen LogP contribution in [0.5, 0.6) is 17.2 Å². The fraction of sp³-hybridized carbons (Fsp3) is 0.276. The summed E-state index contributed by atoms with van der Waals surface area (Å²) in [7, 11) is 1.44. The number of amidine groups is 1. The molecule has 1 atom stereocenters. The van der Waals surface area contributed by atoms with Gasteiger partial charge in [0, 0.05) is 23.6 Å². The molecule has 0 aliphatic carbocycles. The number of carbonyl (C=O) groups excluding carboxylic acids is 2. The Morgan fingerprint density at radius 3 is 2.20 bits per heavy atom. The van der Waals surface area contributed by atoms with Crippen LogP contribution >= 0.6 is 0 Å². The van der Waals surface area contributed by atoms with Crippen molar-refractivity contribution in [2.24, 2.45) is 5.73 Å². The van der Waals surface area contributed by atoms with E-state index in [9.17, 15) is 22.8 Å². The van der Waals surface area contributed by atoms with Gasteiger partial charge >= 0.3 is 12.1 Å². The molecule has 13 nitrogen and oxygen atoms in total. The van der Waals surface area contributed by atoms with Gasteiger partial charge < -0.3 is 30.4 Å². The highest BCUT2D eigenvalue weighted by molar-refractivity contribution is 5.98. The maximum atomic E-state index is 13.4. The number of nitrogens with zero attached hydrogens (tertiary/aromatic N) is 1. The summed E-state index contributed by atoms with van der Waals surface area (Å²) >= 11 is 0. The average Bonchev–Trinajstić information content (AvgIpc) is 2.99. The summed E-state index contributed by atoms with van der Waals surface area (Å²) in [6, 6.07) is 12.5. The Bertz CT molecular complexity index is 1480. The summed E-state index contributed by atoms with van der Waals surface area (Å²) in [5.41, 5.74) is 12.3. The number of pyridine rings is 1. The molecular formula is C29H33F3N6O7. The molecule has 0 fully saturated rings. The van der Waals surface area contributed by atoms with Crippen LogP contribution in [0.15, 0.2) is 60.9 Å². The van der Waals surface area contributed by atoms with E-state index in [-0.39, 0.29) is 17.5 Å². The Balaban J connectivity index is 0.000000900. The molecule has 0 radical (unpaired) electrons. The van der Waals surface area contributed by atoms with E-state index in [4.69, 9.17) is 35.3 Å². The third-order valence-corrected chi connectivity index (χ3v) is 5.52. The fourth-order valence-corrected chi connectivity index (χ4v) is 3.52. The van der Waals surface area contributed by atoms with Crippen molar-refractivity contribution in [2.75, 3.05) is 19.0 Å². The first-order valence-electron chi connectivity index (χ1n) is 13.2. The standard InChI is InChI=1S/C27H32N6O5.C2HF3O2/c1-5-37-23-14-18(8-11-22(23)38-16(2)3)24(31-19-9-6-17(7-10-19)25(28)29)27(35)33-32-26(34)20-15-30-13-12-21(20)36-4;3-2(4,5)1(6)7/h6-16,24,31H,5H2,1-4H3,(H3,28,29)(H,32,34)(H,33,35);(H,6,7). The fourth-order valence-electron chi connectivity index (χ4n) is 3.52. The average molecular weight is 635 g/mol. The van der Waals surface area contributed by atoms with Crippen molar-refractivity contribution < 1.29 is 46.9 Å². The number of hydrogen-bond acceptors (Lipinski definition) is 9. The van der Waals surface area contributed by atoms with Gasteiger partial charge in [0.25, 0.3) is 11.8 Å². The molecule has 16 heteroatoms. The number of amides is 2. The highest BCUT2D eigenvalue weighted by atomic mass is 19.4. The normalized spacial score (nSPS) is 11.3. The monoisotopic (exact) mass is 634 g/mol. The van der Waals surface area contributed by atoms with Crippen molar-refractivity contribution in [1.29, 1.82) is 5.41 Å². The van der Waals surface area contributed by atoms with Crippen LogP contribution < -0.4 is 36.1 Å². The molecule has 1 aromatic heterocycles. The number of halogens is 3. The Morgan fingerprint density at radius 2 is 1.67 bits per heavy atom. The molecular weight excluding hydrogens is 601 g/mol. The number of methoxy groups -OCH3 is 1.